The summed E-state index contributed by atoms with van der Waals surface area (Å²) in [7, 11) is -3.75. The molecule has 3 rings (SSSR count). The molecule has 0 aliphatic rings. The number of amides is 1. The zero-order chi connectivity index (χ0) is 18.6. The van der Waals surface area contributed by atoms with E-state index < -0.39 is 15.9 Å². The first-order chi connectivity index (χ1) is 12.5. The minimum absolute atomic E-state index is 0.166. The first-order valence-corrected chi connectivity index (χ1v) is 10.6. The van der Waals surface area contributed by atoms with Crippen molar-refractivity contribution in [3.05, 3.63) is 63.4 Å². The number of carbonyl (C=O) groups excluding carboxylic acids is 1. The van der Waals surface area contributed by atoms with Gasteiger partial charge in [0.25, 0.3) is 15.9 Å². The van der Waals surface area contributed by atoms with E-state index in [0.717, 1.165) is 16.3 Å². The van der Waals surface area contributed by atoms with Crippen molar-refractivity contribution in [2.75, 3.05) is 4.72 Å². The van der Waals surface area contributed by atoms with E-state index in [1.807, 2.05) is 12.3 Å². The average Bonchev–Trinajstić information content (AvgIpc) is 3.27. The van der Waals surface area contributed by atoms with Crippen LogP contribution in [-0.2, 0) is 10.0 Å². The summed E-state index contributed by atoms with van der Waals surface area (Å²) in [6, 6.07) is 9.47. The summed E-state index contributed by atoms with van der Waals surface area (Å²) in [6.07, 6.45) is 1.43. The Kier molecular flexibility index (Phi) is 5.45. The molecule has 2 heterocycles. The Morgan fingerprint density at radius 3 is 2.69 bits per heavy atom. The van der Waals surface area contributed by atoms with Crippen LogP contribution in [-0.4, -0.2) is 25.5 Å². The third kappa shape index (κ3) is 4.34. The second-order valence-corrected chi connectivity index (χ2v) is 8.99. The van der Waals surface area contributed by atoms with Crippen molar-refractivity contribution < 1.29 is 13.2 Å². The van der Waals surface area contributed by atoms with Gasteiger partial charge in [-0.1, -0.05) is 18.2 Å². The van der Waals surface area contributed by atoms with Crippen LogP contribution in [0.5, 0.6) is 0 Å². The number of carbonyl (C=O) groups is 1. The predicted octanol–water partition coefficient (Wildman–Crippen LogP) is 3.08. The summed E-state index contributed by atoms with van der Waals surface area (Å²) in [5.41, 5.74) is 3.36. The summed E-state index contributed by atoms with van der Waals surface area (Å²) in [5.74, 6) is -0.530. The van der Waals surface area contributed by atoms with Crippen LogP contribution in [0.25, 0.3) is 0 Å². The molecule has 26 heavy (non-hydrogen) atoms. The molecule has 2 N–H and O–H groups in total. The molecule has 10 heteroatoms. The maximum Gasteiger partial charge on any atom is 0.273 e. The number of anilines is 1. The number of rotatable bonds is 6. The molecular weight excluding hydrogens is 392 g/mol. The van der Waals surface area contributed by atoms with Crippen molar-refractivity contribution in [3.8, 4) is 0 Å². The molecule has 0 saturated carbocycles. The highest BCUT2D eigenvalue weighted by Crippen LogP contribution is 2.22. The molecule has 0 fully saturated rings. The summed E-state index contributed by atoms with van der Waals surface area (Å²) in [5, 5.41) is 8.24. The molecule has 0 aliphatic carbocycles. The molecule has 0 unspecified atom stereocenters. The van der Waals surface area contributed by atoms with Gasteiger partial charge in [0.05, 0.1) is 28.2 Å². The first kappa shape index (κ1) is 18.2. The Bertz CT molecular complexity index is 1040. The van der Waals surface area contributed by atoms with Crippen LogP contribution in [0.4, 0.5) is 5.69 Å². The molecule has 0 radical (unpaired) electrons. The van der Waals surface area contributed by atoms with Gasteiger partial charge in [-0.05, 0) is 30.5 Å². The predicted molar refractivity (Wildman–Crippen MR) is 103 cm³/mol. The summed E-state index contributed by atoms with van der Waals surface area (Å²) in [6.45, 7) is 1.87. The highest BCUT2D eigenvalue weighted by molar-refractivity contribution is 7.94. The largest absolute Gasteiger partial charge is 0.278 e. The molecule has 134 valence electrons. The van der Waals surface area contributed by atoms with Gasteiger partial charge in [-0.25, -0.2) is 18.8 Å². The summed E-state index contributed by atoms with van der Waals surface area (Å²) < 4.78 is 27.4. The van der Waals surface area contributed by atoms with Gasteiger partial charge in [-0.3, -0.25) is 9.52 Å². The number of aromatic nitrogens is 1. The highest BCUT2D eigenvalue weighted by Gasteiger charge is 2.19. The van der Waals surface area contributed by atoms with Crippen molar-refractivity contribution in [2.24, 2.45) is 5.10 Å². The Hall–Kier alpha value is -2.56. The number of nitrogens with zero attached hydrogens (tertiary/aromatic N) is 2. The van der Waals surface area contributed by atoms with Crippen LogP contribution in [0.15, 0.2) is 56.5 Å². The van der Waals surface area contributed by atoms with E-state index in [9.17, 15) is 13.2 Å². The number of hydrogen-bond acceptors (Lipinski definition) is 7. The van der Waals surface area contributed by atoms with Gasteiger partial charge in [0, 0.05) is 5.38 Å². The Balaban J connectivity index is 1.76. The number of sulfonamides is 1. The van der Waals surface area contributed by atoms with E-state index in [1.54, 1.807) is 23.6 Å². The molecule has 1 amide bonds. The minimum atomic E-state index is -3.75. The zero-order valence-electron chi connectivity index (χ0n) is 13.5. The first-order valence-electron chi connectivity index (χ1n) is 7.36. The lowest BCUT2D eigenvalue weighted by molar-refractivity contribution is 0.0956. The monoisotopic (exact) mass is 406 g/mol. The molecule has 0 aliphatic heterocycles. The fourth-order valence-electron chi connectivity index (χ4n) is 2.04. The molecule has 0 atom stereocenters. The van der Waals surface area contributed by atoms with E-state index in [1.165, 1.54) is 35.8 Å². The highest BCUT2D eigenvalue weighted by atomic mass is 32.2. The van der Waals surface area contributed by atoms with Crippen molar-refractivity contribution >= 4 is 50.5 Å². The molecule has 0 bridgehead atoms. The van der Waals surface area contributed by atoms with Crippen molar-refractivity contribution in [3.63, 3.8) is 0 Å². The van der Waals surface area contributed by atoms with Crippen molar-refractivity contribution in [1.82, 2.24) is 10.4 Å². The standard InChI is InChI=1S/C16H14N4O3S3/c1-11-18-12(10-25-11)9-17-19-16(21)13-5-2-3-6-14(13)20-26(22,23)15-7-4-8-24-15/h2-10,20H,1H3,(H,19,21)/b17-9-. The summed E-state index contributed by atoms with van der Waals surface area (Å²) >= 11 is 2.57. The normalized spacial score (nSPS) is 11.6. The van der Waals surface area contributed by atoms with E-state index in [0.29, 0.717) is 5.69 Å². The number of benzene rings is 1. The van der Waals surface area contributed by atoms with Crippen molar-refractivity contribution in [1.29, 1.82) is 0 Å². The van der Waals surface area contributed by atoms with E-state index in [2.05, 4.69) is 20.2 Å². The number of hydrogen-bond donors (Lipinski definition) is 2. The number of nitrogens with one attached hydrogen (secondary N) is 2. The molecule has 0 spiro atoms. The Morgan fingerprint density at radius 1 is 1.19 bits per heavy atom. The Morgan fingerprint density at radius 2 is 2.00 bits per heavy atom. The van der Waals surface area contributed by atoms with Crippen LogP contribution in [0.2, 0.25) is 0 Å². The van der Waals surface area contributed by atoms with Crippen LogP contribution < -0.4 is 10.1 Å². The third-order valence-electron chi connectivity index (χ3n) is 3.18. The summed E-state index contributed by atoms with van der Waals surface area (Å²) in [4.78, 5) is 16.6. The topological polar surface area (TPSA) is 101 Å². The lowest BCUT2D eigenvalue weighted by Crippen LogP contribution is -2.21. The van der Waals surface area contributed by atoms with Gasteiger partial charge < -0.3 is 0 Å². The SMILES string of the molecule is Cc1nc(/C=N\NC(=O)c2ccccc2NS(=O)(=O)c2cccs2)cs1. The van der Waals surface area contributed by atoms with Crippen molar-refractivity contribution in [2.45, 2.75) is 11.1 Å². The third-order valence-corrected chi connectivity index (χ3v) is 6.73. The number of hydrazone groups is 1. The van der Waals surface area contributed by atoms with Crippen LogP contribution >= 0.6 is 22.7 Å². The molecule has 2 aromatic heterocycles. The van der Waals surface area contributed by atoms with Gasteiger partial charge >= 0.3 is 0 Å². The molecule has 7 nitrogen and oxygen atoms in total. The molecule has 0 saturated heterocycles. The van der Waals surface area contributed by atoms with Crippen LogP contribution in [0, 0.1) is 6.92 Å². The lowest BCUT2D eigenvalue weighted by atomic mass is 10.2. The van der Waals surface area contributed by atoms with Gasteiger partial charge in [-0.15, -0.1) is 22.7 Å². The van der Waals surface area contributed by atoms with Gasteiger partial charge in [0.2, 0.25) is 0 Å². The van der Waals surface area contributed by atoms with E-state index in [4.69, 9.17) is 0 Å². The maximum atomic E-state index is 12.4. The van der Waals surface area contributed by atoms with E-state index >= 15 is 0 Å². The average molecular weight is 407 g/mol. The number of aryl methyl sites for hydroxylation is 1. The zero-order valence-corrected chi connectivity index (χ0v) is 16.0. The van der Waals surface area contributed by atoms with E-state index in [-0.39, 0.29) is 15.5 Å². The van der Waals surface area contributed by atoms with Gasteiger partial charge in [0.15, 0.2) is 0 Å². The Labute approximate surface area is 158 Å². The number of thiophene rings is 1. The second-order valence-electron chi connectivity index (χ2n) is 5.07. The fraction of sp³-hybridized carbons (Fsp3) is 0.0625. The molecular formula is C16H14N4O3S3. The van der Waals surface area contributed by atoms with Gasteiger partial charge in [-0.2, -0.15) is 5.10 Å². The molecule has 1 aromatic carbocycles. The number of thiazole rings is 1. The van der Waals surface area contributed by atoms with Gasteiger partial charge in [0.1, 0.15) is 4.21 Å². The quantitative estimate of drug-likeness (QED) is 0.485. The fourth-order valence-corrected chi connectivity index (χ4v) is 4.67. The molecule has 3 aromatic rings. The van der Waals surface area contributed by atoms with Crippen LogP contribution in [0.1, 0.15) is 21.1 Å². The lowest BCUT2D eigenvalue weighted by Gasteiger charge is -2.10. The number of para-hydroxylation sites is 1. The van der Waals surface area contributed by atoms with Crippen LogP contribution in [0.3, 0.4) is 0 Å². The minimum Gasteiger partial charge on any atom is -0.278 e. The maximum absolute atomic E-state index is 12.4. The second kappa shape index (κ2) is 7.77. The smallest absolute Gasteiger partial charge is 0.273 e.